The third-order valence-corrected chi connectivity index (χ3v) is 1.65. The lowest BCUT2D eigenvalue weighted by molar-refractivity contribution is 0.0520. The number of esters is 1. The zero-order valence-corrected chi connectivity index (χ0v) is 7.88. The van der Waals surface area contributed by atoms with Gasteiger partial charge in [0, 0.05) is 0 Å². The average molecular weight is 211 g/mol. The molecule has 0 unspecified atom stereocenters. The Bertz CT molecular complexity index is 438. The maximum Gasteiger partial charge on any atom is 0.341 e. The van der Waals surface area contributed by atoms with Gasteiger partial charge in [-0.2, -0.15) is 5.26 Å². The summed E-state index contributed by atoms with van der Waals surface area (Å²) in [6, 6.07) is 2.87. The van der Waals surface area contributed by atoms with Crippen molar-refractivity contribution in [3.63, 3.8) is 0 Å². The van der Waals surface area contributed by atoms with Crippen LogP contribution in [0.2, 0.25) is 0 Å². The van der Waals surface area contributed by atoms with Crippen LogP contribution in [0.4, 0.5) is 8.78 Å². The first-order valence-corrected chi connectivity index (χ1v) is 4.16. The van der Waals surface area contributed by atoms with E-state index >= 15 is 0 Å². The van der Waals surface area contributed by atoms with Gasteiger partial charge in [0.25, 0.3) is 0 Å². The van der Waals surface area contributed by atoms with E-state index in [0.717, 1.165) is 6.07 Å². The molecule has 0 saturated carbocycles. The molecule has 0 heterocycles. The summed E-state index contributed by atoms with van der Waals surface area (Å²) in [6.45, 7) is 1.59. The van der Waals surface area contributed by atoms with Gasteiger partial charge in [0.15, 0.2) is 5.82 Å². The number of hydrogen-bond acceptors (Lipinski definition) is 3. The molecule has 0 N–H and O–H groups in total. The van der Waals surface area contributed by atoms with Crippen molar-refractivity contribution in [2.75, 3.05) is 6.61 Å². The summed E-state index contributed by atoms with van der Waals surface area (Å²) in [4.78, 5) is 11.1. The number of hydrogen-bond donors (Lipinski definition) is 0. The minimum atomic E-state index is -1.06. The lowest BCUT2D eigenvalue weighted by atomic mass is 10.1. The molecular formula is C10H7F2NO2. The first kappa shape index (κ1) is 11.1. The molecule has 0 aliphatic carbocycles. The summed E-state index contributed by atoms with van der Waals surface area (Å²) < 4.78 is 30.7. The van der Waals surface area contributed by atoms with Crippen LogP contribution in [0.15, 0.2) is 12.1 Å². The van der Waals surface area contributed by atoms with Crippen LogP contribution in [0.3, 0.4) is 0 Å². The molecule has 1 rings (SSSR count). The molecule has 0 spiro atoms. The molecule has 0 aliphatic rings. The Morgan fingerprint density at radius 2 is 2.20 bits per heavy atom. The summed E-state index contributed by atoms with van der Waals surface area (Å²) >= 11 is 0. The molecule has 0 fully saturated rings. The molecule has 0 aromatic heterocycles. The highest BCUT2D eigenvalue weighted by molar-refractivity contribution is 5.90. The second-order valence-corrected chi connectivity index (χ2v) is 2.65. The lowest BCUT2D eigenvalue weighted by Gasteiger charge is -2.04. The molecule has 5 heteroatoms. The summed E-state index contributed by atoms with van der Waals surface area (Å²) in [5.41, 5.74) is -1.08. The Balaban J connectivity index is 3.24. The standard InChI is InChI=1S/C10H7F2NO2/c1-2-15-10(14)8-4-7(11)3-6(5-13)9(8)12/h3-4H,2H2,1H3. The quantitative estimate of drug-likeness (QED) is 0.703. The normalized spacial score (nSPS) is 9.47. The monoisotopic (exact) mass is 211 g/mol. The van der Waals surface area contributed by atoms with E-state index in [2.05, 4.69) is 4.74 Å². The van der Waals surface area contributed by atoms with Gasteiger partial charge in [0.2, 0.25) is 0 Å². The van der Waals surface area contributed by atoms with Crippen molar-refractivity contribution in [2.45, 2.75) is 6.92 Å². The molecule has 15 heavy (non-hydrogen) atoms. The summed E-state index contributed by atoms with van der Waals surface area (Å²) in [5.74, 6) is -2.89. The van der Waals surface area contributed by atoms with Gasteiger partial charge < -0.3 is 4.74 Å². The van der Waals surface area contributed by atoms with E-state index in [1.165, 1.54) is 6.07 Å². The molecule has 1 aromatic rings. The van der Waals surface area contributed by atoms with E-state index in [-0.39, 0.29) is 6.61 Å². The van der Waals surface area contributed by atoms with Crippen LogP contribution in [-0.2, 0) is 4.74 Å². The number of rotatable bonds is 2. The van der Waals surface area contributed by atoms with E-state index in [9.17, 15) is 13.6 Å². The van der Waals surface area contributed by atoms with Crippen molar-refractivity contribution in [3.8, 4) is 6.07 Å². The van der Waals surface area contributed by atoms with Crippen LogP contribution in [0, 0.1) is 23.0 Å². The smallest absolute Gasteiger partial charge is 0.341 e. The Hall–Kier alpha value is -1.96. The van der Waals surface area contributed by atoms with Gasteiger partial charge in [-0.15, -0.1) is 0 Å². The average Bonchev–Trinajstić information content (AvgIpc) is 2.21. The number of ether oxygens (including phenoxy) is 1. The first-order chi connectivity index (χ1) is 7.10. The zero-order chi connectivity index (χ0) is 11.4. The highest BCUT2D eigenvalue weighted by Gasteiger charge is 2.17. The van der Waals surface area contributed by atoms with E-state index in [1.54, 1.807) is 6.92 Å². The van der Waals surface area contributed by atoms with Crippen LogP contribution < -0.4 is 0 Å². The zero-order valence-electron chi connectivity index (χ0n) is 7.88. The number of benzene rings is 1. The van der Waals surface area contributed by atoms with Gasteiger partial charge in [-0.25, -0.2) is 13.6 Å². The summed E-state index contributed by atoms with van der Waals surface area (Å²) in [5, 5.41) is 8.47. The topological polar surface area (TPSA) is 50.1 Å². The van der Waals surface area contributed by atoms with Gasteiger partial charge in [0.1, 0.15) is 11.9 Å². The van der Waals surface area contributed by atoms with E-state index < -0.39 is 28.7 Å². The first-order valence-electron chi connectivity index (χ1n) is 4.16. The number of nitrogens with zero attached hydrogens (tertiary/aromatic N) is 1. The molecule has 3 nitrogen and oxygen atoms in total. The van der Waals surface area contributed by atoms with Crippen molar-refractivity contribution in [1.29, 1.82) is 5.26 Å². The fourth-order valence-electron chi connectivity index (χ4n) is 1.03. The number of nitriles is 1. The van der Waals surface area contributed by atoms with E-state index in [4.69, 9.17) is 5.26 Å². The van der Waals surface area contributed by atoms with Gasteiger partial charge in [-0.1, -0.05) is 0 Å². The number of carbonyl (C=O) groups is 1. The van der Waals surface area contributed by atoms with Crippen molar-refractivity contribution in [3.05, 3.63) is 34.9 Å². The molecule has 0 atom stereocenters. The largest absolute Gasteiger partial charge is 0.462 e. The van der Waals surface area contributed by atoms with Crippen LogP contribution in [0.25, 0.3) is 0 Å². The number of carbonyl (C=O) groups excluding carboxylic acids is 1. The molecule has 0 bridgehead atoms. The molecule has 0 amide bonds. The Morgan fingerprint density at radius 1 is 1.53 bits per heavy atom. The maximum atomic E-state index is 13.3. The minimum absolute atomic E-state index is 0.0523. The predicted molar refractivity (Wildman–Crippen MR) is 47.0 cm³/mol. The third-order valence-electron chi connectivity index (χ3n) is 1.65. The van der Waals surface area contributed by atoms with Crippen LogP contribution >= 0.6 is 0 Å². The van der Waals surface area contributed by atoms with Gasteiger partial charge in [0.05, 0.1) is 17.7 Å². The van der Waals surface area contributed by atoms with Crippen molar-refractivity contribution >= 4 is 5.97 Å². The lowest BCUT2D eigenvalue weighted by Crippen LogP contribution is -2.09. The van der Waals surface area contributed by atoms with Crippen molar-refractivity contribution < 1.29 is 18.3 Å². The van der Waals surface area contributed by atoms with Crippen LogP contribution in [-0.4, -0.2) is 12.6 Å². The summed E-state index contributed by atoms with van der Waals surface area (Å²) in [6.07, 6.45) is 0. The molecule has 0 saturated heterocycles. The summed E-state index contributed by atoms with van der Waals surface area (Å²) in [7, 11) is 0. The predicted octanol–water partition coefficient (Wildman–Crippen LogP) is 2.01. The van der Waals surface area contributed by atoms with Crippen LogP contribution in [0.5, 0.6) is 0 Å². The van der Waals surface area contributed by atoms with Gasteiger partial charge in [-0.05, 0) is 19.1 Å². The molecule has 0 aliphatic heterocycles. The Kier molecular flexibility index (Phi) is 3.34. The SMILES string of the molecule is CCOC(=O)c1cc(F)cc(C#N)c1F. The Morgan fingerprint density at radius 3 is 2.73 bits per heavy atom. The van der Waals surface area contributed by atoms with E-state index in [1.807, 2.05) is 0 Å². The van der Waals surface area contributed by atoms with E-state index in [0.29, 0.717) is 6.07 Å². The molecule has 1 aromatic carbocycles. The molecule has 78 valence electrons. The fraction of sp³-hybridized carbons (Fsp3) is 0.200. The van der Waals surface area contributed by atoms with Crippen molar-refractivity contribution in [1.82, 2.24) is 0 Å². The molecular weight excluding hydrogens is 204 g/mol. The maximum absolute atomic E-state index is 13.3. The highest BCUT2D eigenvalue weighted by atomic mass is 19.1. The molecule has 0 radical (unpaired) electrons. The van der Waals surface area contributed by atoms with Gasteiger partial charge in [-0.3, -0.25) is 0 Å². The minimum Gasteiger partial charge on any atom is -0.462 e. The second-order valence-electron chi connectivity index (χ2n) is 2.65. The second kappa shape index (κ2) is 4.51. The van der Waals surface area contributed by atoms with Crippen molar-refractivity contribution in [2.24, 2.45) is 0 Å². The fourth-order valence-corrected chi connectivity index (χ4v) is 1.03. The Labute approximate surface area is 84.9 Å². The number of halogens is 2. The third kappa shape index (κ3) is 2.29. The van der Waals surface area contributed by atoms with Gasteiger partial charge >= 0.3 is 5.97 Å². The highest BCUT2D eigenvalue weighted by Crippen LogP contribution is 2.15. The van der Waals surface area contributed by atoms with Crippen LogP contribution in [0.1, 0.15) is 22.8 Å².